The van der Waals surface area contributed by atoms with Gasteiger partial charge in [0.25, 0.3) is 0 Å². The van der Waals surface area contributed by atoms with E-state index in [1.165, 1.54) is 0 Å². The van der Waals surface area contributed by atoms with Gasteiger partial charge in [-0.1, -0.05) is 30.3 Å². The monoisotopic (exact) mass is 271 g/mol. The van der Waals surface area contributed by atoms with Crippen molar-refractivity contribution in [2.45, 2.75) is 12.5 Å². The average Bonchev–Trinajstić information content (AvgIpc) is 2.29. The Morgan fingerprint density at radius 1 is 1.33 bits per heavy atom. The molecule has 0 bridgehead atoms. The molecule has 1 aromatic rings. The summed E-state index contributed by atoms with van der Waals surface area (Å²) in [6.45, 7) is 3.13. The molecular formula is C13H22ClN3O. The van der Waals surface area contributed by atoms with E-state index in [2.05, 4.69) is 5.32 Å². The summed E-state index contributed by atoms with van der Waals surface area (Å²) in [6, 6.07) is 9.40. The van der Waals surface area contributed by atoms with Gasteiger partial charge in [-0.05, 0) is 26.6 Å². The lowest BCUT2D eigenvalue weighted by atomic mass is 9.92. The van der Waals surface area contributed by atoms with Gasteiger partial charge in [0, 0.05) is 13.1 Å². The molecule has 0 saturated heterocycles. The largest absolute Gasteiger partial charge is 0.353 e. The molecular weight excluding hydrogens is 250 g/mol. The minimum atomic E-state index is -0.979. The van der Waals surface area contributed by atoms with Crippen LogP contribution in [0.1, 0.15) is 12.5 Å². The fourth-order valence-corrected chi connectivity index (χ4v) is 1.49. The van der Waals surface area contributed by atoms with Crippen LogP contribution in [0.2, 0.25) is 0 Å². The van der Waals surface area contributed by atoms with Crippen LogP contribution in [0.25, 0.3) is 0 Å². The number of halogens is 1. The summed E-state index contributed by atoms with van der Waals surface area (Å²) in [5, 5.41) is 2.85. The molecule has 4 nitrogen and oxygen atoms in total. The molecule has 1 atom stereocenters. The first-order valence-corrected chi connectivity index (χ1v) is 5.72. The number of likely N-dealkylation sites (N-methyl/N-ethyl adjacent to an activating group) is 1. The number of benzene rings is 1. The van der Waals surface area contributed by atoms with E-state index in [0.29, 0.717) is 6.54 Å². The molecule has 0 radical (unpaired) electrons. The maximum Gasteiger partial charge on any atom is 0.244 e. The molecule has 0 fully saturated rings. The van der Waals surface area contributed by atoms with Gasteiger partial charge in [0.05, 0.1) is 0 Å². The second kappa shape index (κ2) is 7.36. The Bertz CT molecular complexity index is 366. The highest BCUT2D eigenvalue weighted by Gasteiger charge is 2.29. The molecule has 1 aromatic carbocycles. The molecule has 0 saturated carbocycles. The number of nitrogens with two attached hydrogens (primary N) is 1. The van der Waals surface area contributed by atoms with E-state index in [4.69, 9.17) is 5.73 Å². The average molecular weight is 272 g/mol. The van der Waals surface area contributed by atoms with Crippen LogP contribution in [0.3, 0.4) is 0 Å². The van der Waals surface area contributed by atoms with Crippen molar-refractivity contribution in [3.63, 3.8) is 0 Å². The second-order valence-electron chi connectivity index (χ2n) is 4.63. The van der Waals surface area contributed by atoms with Crippen molar-refractivity contribution < 1.29 is 4.79 Å². The van der Waals surface area contributed by atoms with Gasteiger partial charge < -0.3 is 16.0 Å². The number of nitrogens with one attached hydrogen (secondary N) is 1. The Hall–Kier alpha value is -1.10. The van der Waals surface area contributed by atoms with E-state index in [-0.39, 0.29) is 18.3 Å². The van der Waals surface area contributed by atoms with Gasteiger partial charge in [-0.15, -0.1) is 12.4 Å². The van der Waals surface area contributed by atoms with E-state index in [1.807, 2.05) is 49.3 Å². The molecule has 0 aliphatic heterocycles. The molecule has 0 aromatic heterocycles. The molecule has 1 unspecified atom stereocenters. The van der Waals surface area contributed by atoms with Crippen LogP contribution in [-0.4, -0.2) is 38.0 Å². The maximum atomic E-state index is 12.0. The van der Waals surface area contributed by atoms with E-state index in [9.17, 15) is 4.79 Å². The molecule has 1 amide bonds. The molecule has 0 heterocycles. The third kappa shape index (κ3) is 4.64. The van der Waals surface area contributed by atoms with Crippen molar-refractivity contribution in [3.8, 4) is 0 Å². The molecule has 0 aliphatic rings. The van der Waals surface area contributed by atoms with Crippen molar-refractivity contribution in [1.29, 1.82) is 0 Å². The second-order valence-corrected chi connectivity index (χ2v) is 4.63. The predicted molar refractivity (Wildman–Crippen MR) is 76.8 cm³/mol. The lowest BCUT2D eigenvalue weighted by Gasteiger charge is -2.24. The molecule has 5 heteroatoms. The SMILES string of the molecule is CN(C)CCNC(=O)C(C)(N)c1ccccc1.Cl. The van der Waals surface area contributed by atoms with Gasteiger partial charge in [0.15, 0.2) is 0 Å². The first-order chi connectivity index (χ1) is 7.94. The van der Waals surface area contributed by atoms with Crippen LogP contribution in [0.15, 0.2) is 30.3 Å². The standard InChI is InChI=1S/C13H21N3O.ClH/c1-13(14,11-7-5-4-6-8-11)12(17)15-9-10-16(2)3;/h4-8H,9-10,14H2,1-3H3,(H,15,17);1H. The summed E-state index contributed by atoms with van der Waals surface area (Å²) < 4.78 is 0. The molecule has 0 spiro atoms. The van der Waals surface area contributed by atoms with Crippen molar-refractivity contribution in [3.05, 3.63) is 35.9 Å². The number of hydrogen-bond acceptors (Lipinski definition) is 3. The number of carbonyl (C=O) groups is 1. The summed E-state index contributed by atoms with van der Waals surface area (Å²) in [5.74, 6) is -0.148. The number of hydrogen-bond donors (Lipinski definition) is 2. The van der Waals surface area contributed by atoms with E-state index in [0.717, 1.165) is 12.1 Å². The number of rotatable bonds is 5. The quantitative estimate of drug-likeness (QED) is 0.839. The smallest absolute Gasteiger partial charge is 0.244 e. The van der Waals surface area contributed by atoms with Crippen molar-refractivity contribution >= 4 is 18.3 Å². The molecule has 102 valence electrons. The zero-order valence-electron chi connectivity index (χ0n) is 11.1. The Balaban J connectivity index is 0.00000289. The Morgan fingerprint density at radius 2 is 1.89 bits per heavy atom. The van der Waals surface area contributed by atoms with Crippen LogP contribution in [-0.2, 0) is 10.3 Å². The van der Waals surface area contributed by atoms with Crippen LogP contribution in [0.5, 0.6) is 0 Å². The fourth-order valence-electron chi connectivity index (χ4n) is 1.49. The molecule has 3 N–H and O–H groups in total. The summed E-state index contributed by atoms with van der Waals surface area (Å²) >= 11 is 0. The van der Waals surface area contributed by atoms with Gasteiger partial charge in [0.2, 0.25) is 5.91 Å². The minimum Gasteiger partial charge on any atom is -0.353 e. The normalized spacial score (nSPS) is 13.6. The van der Waals surface area contributed by atoms with E-state index >= 15 is 0 Å². The van der Waals surface area contributed by atoms with Crippen LogP contribution >= 0.6 is 12.4 Å². The van der Waals surface area contributed by atoms with Gasteiger partial charge in [-0.2, -0.15) is 0 Å². The molecule has 0 aliphatic carbocycles. The van der Waals surface area contributed by atoms with Gasteiger partial charge in [-0.3, -0.25) is 4.79 Å². The van der Waals surface area contributed by atoms with Gasteiger partial charge >= 0.3 is 0 Å². The highest BCUT2D eigenvalue weighted by molar-refractivity contribution is 5.87. The minimum absolute atomic E-state index is 0. The van der Waals surface area contributed by atoms with Crippen molar-refractivity contribution in [2.24, 2.45) is 5.73 Å². The number of nitrogens with zero attached hydrogens (tertiary/aromatic N) is 1. The Labute approximate surface area is 115 Å². The highest BCUT2D eigenvalue weighted by atomic mass is 35.5. The van der Waals surface area contributed by atoms with Crippen LogP contribution < -0.4 is 11.1 Å². The Kier molecular flexibility index (Phi) is 6.91. The molecule has 1 rings (SSSR count). The number of carbonyl (C=O) groups excluding carboxylic acids is 1. The summed E-state index contributed by atoms with van der Waals surface area (Å²) in [4.78, 5) is 14.0. The predicted octanol–water partition coefficient (Wildman–Crippen LogP) is 0.960. The van der Waals surface area contributed by atoms with E-state index in [1.54, 1.807) is 6.92 Å². The van der Waals surface area contributed by atoms with Gasteiger partial charge in [-0.25, -0.2) is 0 Å². The van der Waals surface area contributed by atoms with E-state index < -0.39 is 5.54 Å². The summed E-state index contributed by atoms with van der Waals surface area (Å²) in [6.07, 6.45) is 0. The van der Waals surface area contributed by atoms with Crippen LogP contribution in [0, 0.1) is 0 Å². The first-order valence-electron chi connectivity index (χ1n) is 5.72. The number of amides is 1. The first kappa shape index (κ1) is 16.9. The fraction of sp³-hybridized carbons (Fsp3) is 0.462. The van der Waals surface area contributed by atoms with Crippen LogP contribution in [0.4, 0.5) is 0 Å². The topological polar surface area (TPSA) is 58.4 Å². The zero-order valence-corrected chi connectivity index (χ0v) is 12.0. The molecule has 18 heavy (non-hydrogen) atoms. The van der Waals surface area contributed by atoms with Gasteiger partial charge in [0.1, 0.15) is 5.54 Å². The highest BCUT2D eigenvalue weighted by Crippen LogP contribution is 2.16. The lowest BCUT2D eigenvalue weighted by Crippen LogP contribution is -2.50. The third-order valence-electron chi connectivity index (χ3n) is 2.69. The maximum absolute atomic E-state index is 12.0. The summed E-state index contributed by atoms with van der Waals surface area (Å²) in [7, 11) is 3.93. The Morgan fingerprint density at radius 3 is 2.39 bits per heavy atom. The lowest BCUT2D eigenvalue weighted by molar-refractivity contribution is -0.126. The third-order valence-corrected chi connectivity index (χ3v) is 2.69. The van der Waals surface area contributed by atoms with Crippen molar-refractivity contribution in [2.75, 3.05) is 27.2 Å². The summed E-state index contributed by atoms with van der Waals surface area (Å²) in [5.41, 5.74) is 5.92. The van der Waals surface area contributed by atoms with Crippen molar-refractivity contribution in [1.82, 2.24) is 10.2 Å². The zero-order chi connectivity index (χ0) is 12.9.